The number of alkyl carbamates (subject to hydrolysis) is 2. The molecule has 0 bridgehead atoms. The third-order valence-electron chi connectivity index (χ3n) is 13.4. The predicted octanol–water partition coefficient (Wildman–Crippen LogP) is 12.1. The number of amides is 2. The maximum Gasteiger partial charge on any atom is 0.407 e. The predicted molar refractivity (Wildman–Crippen MR) is 371 cm³/mol. The van der Waals surface area contributed by atoms with E-state index in [2.05, 4.69) is 91.6 Å². The van der Waals surface area contributed by atoms with Gasteiger partial charge in [0.1, 0.15) is 11.2 Å². The summed E-state index contributed by atoms with van der Waals surface area (Å²) in [5.74, 6) is 0. The molecule has 9 aromatic rings. The molecule has 0 atom stereocenters. The fourth-order valence-corrected chi connectivity index (χ4v) is 9.64. The topological polar surface area (TPSA) is 268 Å². The Morgan fingerprint density at radius 2 is 0.922 bits per heavy atom. The van der Waals surface area contributed by atoms with Crippen molar-refractivity contribution < 1.29 is 34.4 Å². The Bertz CT molecular complexity index is 3710. The monoisotopic (exact) mass is 1300 g/mol. The molecular formula is C67H83ClN12O7S3. The first-order valence-corrected chi connectivity index (χ1v) is 30.6. The minimum Gasteiger partial charge on any atom is -0.444 e. The number of benzene rings is 6. The van der Waals surface area contributed by atoms with Crippen molar-refractivity contribution in [3.8, 4) is 0 Å². The van der Waals surface area contributed by atoms with E-state index in [0.29, 0.717) is 52.1 Å². The van der Waals surface area contributed by atoms with Crippen LogP contribution in [0.2, 0.25) is 0 Å². The van der Waals surface area contributed by atoms with Crippen LogP contribution < -0.4 is 16.4 Å². The Hall–Kier alpha value is -8.02. The fourth-order valence-electron chi connectivity index (χ4n) is 8.89. The molecule has 6 aromatic carbocycles. The molecule has 0 saturated heterocycles. The van der Waals surface area contributed by atoms with Crippen LogP contribution in [0.25, 0.3) is 32.7 Å². The van der Waals surface area contributed by atoms with Crippen molar-refractivity contribution in [2.45, 2.75) is 118 Å². The van der Waals surface area contributed by atoms with Crippen molar-refractivity contribution in [1.82, 2.24) is 51.0 Å². The van der Waals surface area contributed by atoms with Crippen LogP contribution in [0.15, 0.2) is 151 Å². The molecule has 0 saturated carbocycles. The summed E-state index contributed by atoms with van der Waals surface area (Å²) in [6.45, 7) is 15.4. The van der Waals surface area contributed by atoms with Crippen LogP contribution in [0.5, 0.6) is 0 Å². The Morgan fingerprint density at radius 3 is 1.33 bits per heavy atom. The Balaban J connectivity index is 0.000000228. The number of aliphatic imine (C=N–C) groups is 1. The lowest BCUT2D eigenvalue weighted by Gasteiger charge is -2.26. The van der Waals surface area contributed by atoms with Crippen LogP contribution in [0.3, 0.4) is 0 Å². The largest absolute Gasteiger partial charge is 0.444 e. The van der Waals surface area contributed by atoms with Crippen molar-refractivity contribution in [3.05, 3.63) is 190 Å². The van der Waals surface area contributed by atoms with Crippen molar-refractivity contribution in [2.75, 3.05) is 32.7 Å². The van der Waals surface area contributed by atoms with E-state index < -0.39 is 17.3 Å². The molecule has 3 heterocycles. The summed E-state index contributed by atoms with van der Waals surface area (Å²) in [6, 6.07) is 41.7. The highest BCUT2D eigenvalue weighted by Crippen LogP contribution is 2.21. The number of unbranched alkanes of at least 4 members (excludes halogenated alkanes) is 1. The van der Waals surface area contributed by atoms with Crippen molar-refractivity contribution in [1.29, 1.82) is 0 Å². The molecule has 9 rings (SSSR count). The molecule has 0 fully saturated rings. The van der Waals surface area contributed by atoms with Gasteiger partial charge in [-0.1, -0.05) is 109 Å². The van der Waals surface area contributed by atoms with E-state index in [0.717, 1.165) is 113 Å². The van der Waals surface area contributed by atoms with Gasteiger partial charge in [0.2, 0.25) is 0 Å². The molecular weight excluding hydrogens is 1220 g/mol. The quantitative estimate of drug-likeness (QED) is 0.0173. The zero-order valence-corrected chi connectivity index (χ0v) is 55.1. The number of aromatic nitrogens is 6. The summed E-state index contributed by atoms with van der Waals surface area (Å²) < 4.78 is 10.5. The van der Waals surface area contributed by atoms with Gasteiger partial charge in [-0.05, 0) is 160 Å². The number of carbonyl (C=O) groups is 2. The normalized spacial score (nSPS) is 10.9. The Kier molecular flexibility index (Phi) is 30.1. The van der Waals surface area contributed by atoms with Crippen LogP contribution in [-0.4, -0.2) is 127 Å². The number of nitrogens with one attached hydrogen (secondary N) is 5. The van der Waals surface area contributed by atoms with Crippen molar-refractivity contribution >= 4 is 115 Å². The first kappa shape index (κ1) is 72.7. The van der Waals surface area contributed by atoms with E-state index in [9.17, 15) is 14.7 Å². The number of nitrogens with zero attached hydrogens (tertiary/aromatic N) is 6. The zero-order chi connectivity index (χ0) is 64.2. The van der Waals surface area contributed by atoms with Gasteiger partial charge in [0, 0.05) is 74.8 Å². The van der Waals surface area contributed by atoms with E-state index in [4.69, 9.17) is 49.9 Å². The number of aryl methyl sites for hydroxylation is 1. The molecule has 0 radical (unpaired) electrons. The number of carbonyl (C=O) groups excluding carboxylic acids is 2. The van der Waals surface area contributed by atoms with Gasteiger partial charge in [-0.2, -0.15) is 20.3 Å². The molecule has 0 unspecified atom stereocenters. The van der Waals surface area contributed by atoms with Gasteiger partial charge in [0.25, 0.3) is 0 Å². The fraction of sp³-hybridized carbons (Fsp3) is 0.343. The minimum absolute atomic E-state index is 0. The van der Waals surface area contributed by atoms with Crippen LogP contribution >= 0.6 is 49.1 Å². The average molecular weight is 1300 g/mol. The second kappa shape index (κ2) is 37.2. The summed E-state index contributed by atoms with van der Waals surface area (Å²) in [5.41, 5.74) is 17.0. The summed E-state index contributed by atoms with van der Waals surface area (Å²) in [5, 5.41) is 59.2. The number of fused-ring (bicyclic) bond motifs is 3. The second-order valence-electron chi connectivity index (χ2n) is 22.9. The number of aliphatic hydroxyl groups excluding tert-OH is 3. The van der Waals surface area contributed by atoms with Crippen molar-refractivity contribution in [2.24, 2.45) is 10.7 Å². The van der Waals surface area contributed by atoms with Gasteiger partial charge in [0.05, 0.1) is 75.8 Å². The van der Waals surface area contributed by atoms with E-state index in [1.807, 2.05) is 157 Å². The lowest BCUT2D eigenvalue weighted by Crippen LogP contribution is -2.40. The summed E-state index contributed by atoms with van der Waals surface area (Å²) in [6.07, 6.45) is 8.78. The number of ether oxygens (including phenoxy) is 2. The number of rotatable bonds is 22. The number of hydrogen-bond donors (Lipinski definition) is 9. The SMILES string of the molecule is CC(C)(C)OC(=O)NCCCCc1ccc(CO)cc1.CC(C)(C)OC(=O)NCCN(Cc1ccc(CO)cc1)C(=S)Cc1ccc2[nH]ncc2c1.Cl.NCCN(Cc1ccc(CO)cc1)C(=S)Cc1ccc2[nH]ncc2c1.S=C=Nc1ccc2[nH]ncc2c1. The lowest BCUT2D eigenvalue weighted by molar-refractivity contribution is 0.0514. The maximum absolute atomic E-state index is 12.0. The zero-order valence-electron chi connectivity index (χ0n) is 51.8. The van der Waals surface area contributed by atoms with Gasteiger partial charge >= 0.3 is 12.2 Å². The number of aromatic amines is 3. The number of hydrogen-bond acceptors (Lipinski definition) is 15. The van der Waals surface area contributed by atoms with Crippen LogP contribution in [0.1, 0.15) is 98.9 Å². The molecule has 478 valence electrons. The van der Waals surface area contributed by atoms with Gasteiger partial charge in [-0.15, -0.1) is 12.4 Å². The highest BCUT2D eigenvalue weighted by molar-refractivity contribution is 7.80. The van der Waals surface area contributed by atoms with Gasteiger partial charge in [-0.25, -0.2) is 9.59 Å². The molecule has 0 spiro atoms. The first-order valence-electron chi connectivity index (χ1n) is 29.3. The van der Waals surface area contributed by atoms with Gasteiger partial charge in [-0.3, -0.25) is 15.3 Å². The Labute approximate surface area is 548 Å². The van der Waals surface area contributed by atoms with E-state index in [-0.39, 0.29) is 38.3 Å². The molecule has 90 heavy (non-hydrogen) atoms. The maximum atomic E-state index is 12.0. The van der Waals surface area contributed by atoms with E-state index >= 15 is 0 Å². The molecule has 0 aliphatic carbocycles. The molecule has 0 aliphatic heterocycles. The minimum atomic E-state index is -0.542. The van der Waals surface area contributed by atoms with Crippen LogP contribution in [0.4, 0.5) is 15.3 Å². The number of nitrogens with two attached hydrogens (primary N) is 1. The van der Waals surface area contributed by atoms with Crippen molar-refractivity contribution in [3.63, 3.8) is 0 Å². The standard InChI is InChI=1S/C24H30N4O3S.C19H22N4OS.C16H25NO3.C8H5N3S.ClH/c1-24(2,3)31-23(30)25-10-11-28(15-17-4-6-18(16-29)7-5-17)22(32)13-19-8-9-21-20(12-19)14-26-27-21;20-7-8-23(12-14-1-3-15(13-24)4-2-14)19(25)10-16-5-6-18-17(9-16)11-21-22-18;1-16(2,3)20-15(19)17-11-5-4-6-13-7-9-14(12-18)10-8-13;12-5-9-7-1-2-8-6(3-7)4-10-11-8;/h4-9,12,14,29H,10-11,13,15-16H2,1-3H3,(H,25,30)(H,26,27);1-6,9,11,24H,7-8,10,12-13,20H2,(H,21,22);7-10,18H,4-6,11-12H2,1-3H3,(H,17,19);1-4H,(H,10,11);1H. The number of isothiocyanates is 1. The molecule has 0 aliphatic rings. The van der Waals surface area contributed by atoms with E-state index in [1.165, 1.54) is 5.56 Å². The third-order valence-corrected chi connectivity index (χ3v) is 14.3. The number of halogens is 1. The molecule has 19 nitrogen and oxygen atoms in total. The van der Waals surface area contributed by atoms with Crippen LogP contribution in [-0.2, 0) is 61.6 Å². The van der Waals surface area contributed by atoms with Gasteiger partial charge < -0.3 is 51.0 Å². The second-order valence-corrected chi connectivity index (χ2v) is 24.1. The Morgan fingerprint density at radius 1 is 0.544 bits per heavy atom. The van der Waals surface area contributed by atoms with E-state index in [1.54, 1.807) is 12.4 Å². The molecule has 3 aromatic heterocycles. The smallest absolute Gasteiger partial charge is 0.407 e. The average Bonchev–Trinajstić information content (AvgIpc) is 2.35. The number of H-pyrrole nitrogens is 3. The molecule has 2 amide bonds. The molecule has 23 heteroatoms. The summed E-state index contributed by atoms with van der Waals surface area (Å²) in [7, 11) is 0. The first-order chi connectivity index (χ1) is 42.7. The van der Waals surface area contributed by atoms with Crippen LogP contribution in [0, 0.1) is 0 Å². The third kappa shape index (κ3) is 25.8. The lowest BCUT2D eigenvalue weighted by atomic mass is 10.1. The summed E-state index contributed by atoms with van der Waals surface area (Å²) >= 11 is 16.0. The number of aliphatic hydroxyl groups is 3. The highest BCUT2D eigenvalue weighted by atomic mass is 35.5. The summed E-state index contributed by atoms with van der Waals surface area (Å²) in [4.78, 5) is 33.2. The highest BCUT2D eigenvalue weighted by Gasteiger charge is 2.19. The van der Waals surface area contributed by atoms with Gasteiger partial charge in [0.15, 0.2) is 0 Å². The number of thiocarbonyl (C=S) groups is 3. The molecule has 10 N–H and O–H groups in total.